The quantitative estimate of drug-likeness (QED) is 0.326. The SMILES string of the molecule is CCc1nncn1CCNC(=NC)N1CCN(C(C)c2ccc(Br)cc2)CC1.I. The fourth-order valence-corrected chi connectivity index (χ4v) is 3.90. The molecule has 1 unspecified atom stereocenters. The number of guanidine groups is 1. The van der Waals surface area contributed by atoms with Crippen LogP contribution in [0, 0.1) is 0 Å². The molecule has 160 valence electrons. The second-order valence-electron chi connectivity index (χ2n) is 7.02. The van der Waals surface area contributed by atoms with Crippen LogP contribution in [0.3, 0.4) is 0 Å². The van der Waals surface area contributed by atoms with Gasteiger partial charge in [0, 0.05) is 63.3 Å². The molecular formula is C20H31BrIN7. The minimum atomic E-state index is 0. The second kappa shape index (κ2) is 11.8. The third-order valence-corrected chi connectivity index (χ3v) is 5.90. The second-order valence-corrected chi connectivity index (χ2v) is 7.93. The minimum Gasteiger partial charge on any atom is -0.354 e. The molecule has 0 aliphatic carbocycles. The van der Waals surface area contributed by atoms with E-state index in [1.54, 1.807) is 6.33 Å². The van der Waals surface area contributed by atoms with Gasteiger partial charge in [-0.25, -0.2) is 0 Å². The summed E-state index contributed by atoms with van der Waals surface area (Å²) in [6.45, 7) is 10.1. The summed E-state index contributed by atoms with van der Waals surface area (Å²) in [5.74, 6) is 1.99. The van der Waals surface area contributed by atoms with E-state index in [2.05, 4.69) is 88.9 Å². The molecule has 0 saturated carbocycles. The molecule has 0 radical (unpaired) electrons. The van der Waals surface area contributed by atoms with Gasteiger partial charge in [-0.2, -0.15) is 0 Å². The molecule has 1 N–H and O–H groups in total. The number of halogens is 2. The van der Waals surface area contributed by atoms with E-state index in [4.69, 9.17) is 0 Å². The molecule has 29 heavy (non-hydrogen) atoms. The van der Waals surface area contributed by atoms with Gasteiger partial charge in [0.05, 0.1) is 0 Å². The number of aromatic nitrogens is 3. The van der Waals surface area contributed by atoms with Crippen LogP contribution in [0.1, 0.15) is 31.3 Å². The lowest BCUT2D eigenvalue weighted by atomic mass is 10.1. The van der Waals surface area contributed by atoms with Crippen LogP contribution >= 0.6 is 39.9 Å². The minimum absolute atomic E-state index is 0. The first-order valence-corrected chi connectivity index (χ1v) is 10.7. The van der Waals surface area contributed by atoms with Crippen LogP contribution in [0.15, 0.2) is 40.1 Å². The van der Waals surface area contributed by atoms with E-state index in [0.717, 1.165) is 61.9 Å². The number of benzene rings is 1. The smallest absolute Gasteiger partial charge is 0.193 e. The summed E-state index contributed by atoms with van der Waals surface area (Å²) in [6, 6.07) is 9.07. The topological polar surface area (TPSA) is 61.6 Å². The molecule has 0 amide bonds. The highest BCUT2D eigenvalue weighted by Crippen LogP contribution is 2.23. The fourth-order valence-electron chi connectivity index (χ4n) is 3.63. The maximum Gasteiger partial charge on any atom is 0.193 e. The number of aliphatic imine (C=N–C) groups is 1. The van der Waals surface area contributed by atoms with E-state index < -0.39 is 0 Å². The van der Waals surface area contributed by atoms with Crippen LogP contribution in [0.5, 0.6) is 0 Å². The Bertz CT molecular complexity index is 769. The number of piperazine rings is 1. The van der Waals surface area contributed by atoms with Gasteiger partial charge in [0.1, 0.15) is 12.2 Å². The van der Waals surface area contributed by atoms with Gasteiger partial charge in [0.15, 0.2) is 5.96 Å². The molecule has 1 atom stereocenters. The third-order valence-electron chi connectivity index (χ3n) is 5.37. The Kier molecular flexibility index (Phi) is 9.84. The lowest BCUT2D eigenvalue weighted by Crippen LogP contribution is -2.53. The van der Waals surface area contributed by atoms with Gasteiger partial charge in [-0.1, -0.05) is 35.0 Å². The van der Waals surface area contributed by atoms with E-state index in [0.29, 0.717) is 6.04 Å². The first-order chi connectivity index (χ1) is 13.6. The van der Waals surface area contributed by atoms with Gasteiger partial charge in [0.25, 0.3) is 0 Å². The first kappa shape index (κ1) is 24.1. The molecule has 0 bridgehead atoms. The lowest BCUT2D eigenvalue weighted by Gasteiger charge is -2.39. The van der Waals surface area contributed by atoms with E-state index in [1.165, 1.54) is 5.56 Å². The largest absolute Gasteiger partial charge is 0.354 e. The van der Waals surface area contributed by atoms with Gasteiger partial charge >= 0.3 is 0 Å². The molecule has 9 heteroatoms. The van der Waals surface area contributed by atoms with Crippen LogP contribution in [0.25, 0.3) is 0 Å². The summed E-state index contributed by atoms with van der Waals surface area (Å²) >= 11 is 3.51. The highest BCUT2D eigenvalue weighted by atomic mass is 127. The average Bonchev–Trinajstić information content (AvgIpc) is 3.19. The summed E-state index contributed by atoms with van der Waals surface area (Å²) in [5.41, 5.74) is 1.36. The Labute approximate surface area is 199 Å². The monoisotopic (exact) mass is 575 g/mol. The van der Waals surface area contributed by atoms with Crippen molar-refractivity contribution in [2.24, 2.45) is 4.99 Å². The van der Waals surface area contributed by atoms with E-state index in [1.807, 2.05) is 7.05 Å². The average molecular weight is 576 g/mol. The molecule has 1 aromatic carbocycles. The Hall–Kier alpha value is -1.20. The predicted molar refractivity (Wildman–Crippen MR) is 132 cm³/mol. The molecule has 0 spiro atoms. The fraction of sp³-hybridized carbons (Fsp3) is 0.550. The van der Waals surface area contributed by atoms with E-state index in [-0.39, 0.29) is 24.0 Å². The molecule has 1 aliphatic heterocycles. The summed E-state index contributed by atoms with van der Waals surface area (Å²) < 4.78 is 3.22. The molecule has 7 nitrogen and oxygen atoms in total. The van der Waals surface area contributed by atoms with Crippen LogP contribution in [-0.2, 0) is 13.0 Å². The predicted octanol–water partition coefficient (Wildman–Crippen LogP) is 3.18. The lowest BCUT2D eigenvalue weighted by molar-refractivity contribution is 0.138. The van der Waals surface area contributed by atoms with Gasteiger partial charge in [-0.15, -0.1) is 34.2 Å². The number of aryl methyl sites for hydroxylation is 1. The number of rotatable bonds is 6. The molecule has 1 fully saturated rings. The van der Waals surface area contributed by atoms with Crippen molar-refractivity contribution in [3.63, 3.8) is 0 Å². The number of nitrogens with one attached hydrogen (secondary N) is 1. The molecule has 3 rings (SSSR count). The Morgan fingerprint density at radius 3 is 2.52 bits per heavy atom. The van der Waals surface area contributed by atoms with Crippen LogP contribution < -0.4 is 5.32 Å². The van der Waals surface area contributed by atoms with Crippen molar-refractivity contribution >= 4 is 45.9 Å². The summed E-state index contributed by atoms with van der Waals surface area (Å²) in [7, 11) is 1.86. The standard InChI is InChI=1S/C20H30BrN7.HI/c1-4-19-25-24-15-28(19)10-9-23-20(22-3)27-13-11-26(12-14-27)16(2)17-5-7-18(21)8-6-17;/h5-8,15-16H,4,9-14H2,1-3H3,(H,22,23);1H. The van der Waals surface area contributed by atoms with Crippen molar-refractivity contribution in [1.82, 2.24) is 29.9 Å². The molecule has 1 saturated heterocycles. The van der Waals surface area contributed by atoms with Crippen molar-refractivity contribution in [3.8, 4) is 0 Å². The molecule has 2 heterocycles. The number of hydrogen-bond donors (Lipinski definition) is 1. The highest BCUT2D eigenvalue weighted by molar-refractivity contribution is 14.0. The maximum absolute atomic E-state index is 4.48. The summed E-state index contributed by atoms with van der Waals surface area (Å²) in [5, 5.41) is 11.6. The van der Waals surface area contributed by atoms with E-state index in [9.17, 15) is 0 Å². The van der Waals surface area contributed by atoms with Crippen LogP contribution in [-0.4, -0.2) is 70.3 Å². The van der Waals surface area contributed by atoms with Crippen LogP contribution in [0.4, 0.5) is 0 Å². The Morgan fingerprint density at radius 1 is 1.21 bits per heavy atom. The van der Waals surface area contributed by atoms with Crippen molar-refractivity contribution in [1.29, 1.82) is 0 Å². The zero-order valence-electron chi connectivity index (χ0n) is 17.4. The normalized spacial score (nSPS) is 16.4. The van der Waals surface area contributed by atoms with Gasteiger partial charge < -0.3 is 14.8 Å². The van der Waals surface area contributed by atoms with Crippen LogP contribution in [0.2, 0.25) is 0 Å². The van der Waals surface area contributed by atoms with E-state index >= 15 is 0 Å². The number of nitrogens with zero attached hydrogens (tertiary/aromatic N) is 6. The van der Waals surface area contributed by atoms with Crippen molar-refractivity contribution in [2.75, 3.05) is 39.8 Å². The zero-order chi connectivity index (χ0) is 19.9. The number of hydrogen-bond acceptors (Lipinski definition) is 4. The molecule has 2 aromatic rings. The van der Waals surface area contributed by atoms with Crippen molar-refractivity contribution in [3.05, 3.63) is 46.5 Å². The summed E-state index contributed by atoms with van der Waals surface area (Å²) in [6.07, 6.45) is 2.69. The van der Waals surface area contributed by atoms with Crippen molar-refractivity contribution < 1.29 is 0 Å². The summed E-state index contributed by atoms with van der Waals surface area (Å²) in [4.78, 5) is 9.36. The van der Waals surface area contributed by atoms with Gasteiger partial charge in [-0.05, 0) is 24.6 Å². The molecular weight excluding hydrogens is 545 g/mol. The highest BCUT2D eigenvalue weighted by Gasteiger charge is 2.23. The maximum atomic E-state index is 4.48. The van der Waals surface area contributed by atoms with Crippen molar-refractivity contribution in [2.45, 2.75) is 32.9 Å². The van der Waals surface area contributed by atoms with Gasteiger partial charge in [-0.3, -0.25) is 9.89 Å². The zero-order valence-corrected chi connectivity index (χ0v) is 21.3. The Morgan fingerprint density at radius 2 is 1.90 bits per heavy atom. The molecule has 1 aliphatic rings. The Balaban J connectivity index is 0.00000300. The third kappa shape index (κ3) is 6.39. The molecule has 1 aromatic heterocycles. The van der Waals surface area contributed by atoms with Gasteiger partial charge in [0.2, 0.25) is 0 Å². The first-order valence-electron chi connectivity index (χ1n) is 9.94.